The van der Waals surface area contributed by atoms with Gasteiger partial charge in [0.2, 0.25) is 0 Å². The zero-order chi connectivity index (χ0) is 11.1. The van der Waals surface area contributed by atoms with Gasteiger partial charge in [0.05, 0.1) is 26.2 Å². The van der Waals surface area contributed by atoms with E-state index in [9.17, 15) is 4.79 Å². The van der Waals surface area contributed by atoms with E-state index in [0.29, 0.717) is 13.0 Å². The van der Waals surface area contributed by atoms with Crippen LogP contribution in [0.5, 0.6) is 5.75 Å². The molecular weight excluding hydrogens is 206 g/mol. The van der Waals surface area contributed by atoms with Crippen LogP contribution in [0.4, 0.5) is 0 Å². The second-order valence-electron chi connectivity index (χ2n) is 4.06. The van der Waals surface area contributed by atoms with Gasteiger partial charge < -0.3 is 4.74 Å². The Hall–Kier alpha value is -1.55. The first-order valence-electron chi connectivity index (χ1n) is 5.42. The third-order valence-electron chi connectivity index (χ3n) is 3.21. The number of amides is 1. The number of hydroxylamine groups is 2. The predicted molar refractivity (Wildman–Crippen MR) is 56.9 cm³/mol. The van der Waals surface area contributed by atoms with Crippen LogP contribution in [0.3, 0.4) is 0 Å². The van der Waals surface area contributed by atoms with Crippen molar-refractivity contribution in [2.75, 3.05) is 13.7 Å². The standard InChI is InChI=1S/C12H13NO3/c1-15-13-9-5-6-16-10-4-2-3-8(12(9)10)7-11(13)14/h2-4,9H,5-7H2,1H3/t9-/m0/s1. The zero-order valence-electron chi connectivity index (χ0n) is 9.10. The van der Waals surface area contributed by atoms with Crippen molar-refractivity contribution >= 4 is 5.91 Å². The maximum atomic E-state index is 11.9. The Morgan fingerprint density at radius 1 is 1.50 bits per heavy atom. The zero-order valence-corrected chi connectivity index (χ0v) is 9.10. The Bertz CT molecular complexity index is 444. The van der Waals surface area contributed by atoms with Gasteiger partial charge in [-0.1, -0.05) is 12.1 Å². The Kier molecular flexibility index (Phi) is 2.11. The number of carbonyl (C=O) groups excluding carboxylic acids is 1. The fourth-order valence-electron chi connectivity index (χ4n) is 2.55. The normalized spacial score (nSPS) is 22.7. The molecule has 4 nitrogen and oxygen atoms in total. The minimum atomic E-state index is 0.0196. The summed E-state index contributed by atoms with van der Waals surface area (Å²) >= 11 is 0. The predicted octanol–water partition coefficient (Wildman–Crippen LogP) is 1.46. The molecule has 0 N–H and O–H groups in total. The van der Waals surface area contributed by atoms with Gasteiger partial charge in [-0.15, -0.1) is 0 Å². The number of hydrogen-bond donors (Lipinski definition) is 0. The Labute approximate surface area is 93.7 Å². The first-order valence-corrected chi connectivity index (χ1v) is 5.42. The molecule has 1 aromatic rings. The molecule has 2 aliphatic heterocycles. The fraction of sp³-hybridized carbons (Fsp3) is 0.417. The number of ether oxygens (including phenoxy) is 1. The number of hydrogen-bond acceptors (Lipinski definition) is 3. The summed E-state index contributed by atoms with van der Waals surface area (Å²) in [4.78, 5) is 17.0. The molecule has 0 radical (unpaired) electrons. The summed E-state index contributed by atoms with van der Waals surface area (Å²) in [5.41, 5.74) is 2.19. The summed E-state index contributed by atoms with van der Waals surface area (Å²) < 4.78 is 5.60. The number of benzene rings is 1. The van der Waals surface area contributed by atoms with Gasteiger partial charge in [-0.25, -0.2) is 5.06 Å². The molecule has 0 unspecified atom stereocenters. The fourth-order valence-corrected chi connectivity index (χ4v) is 2.55. The Morgan fingerprint density at radius 3 is 3.19 bits per heavy atom. The molecule has 1 amide bonds. The van der Waals surface area contributed by atoms with E-state index in [0.717, 1.165) is 23.3 Å². The lowest BCUT2D eigenvalue weighted by Crippen LogP contribution is -2.41. The summed E-state index contributed by atoms with van der Waals surface area (Å²) in [7, 11) is 1.54. The van der Waals surface area contributed by atoms with Gasteiger partial charge in [-0.3, -0.25) is 9.63 Å². The molecule has 0 saturated heterocycles. The van der Waals surface area contributed by atoms with Crippen LogP contribution in [-0.4, -0.2) is 24.7 Å². The SMILES string of the molecule is CON1C(=O)Cc2cccc3c2[C@@H]1CCO3. The summed E-state index contributed by atoms with van der Waals surface area (Å²) in [5, 5.41) is 1.48. The minimum absolute atomic E-state index is 0.0196. The van der Waals surface area contributed by atoms with Crippen molar-refractivity contribution in [3.8, 4) is 5.75 Å². The first-order chi connectivity index (χ1) is 7.81. The van der Waals surface area contributed by atoms with Crippen LogP contribution in [0.25, 0.3) is 0 Å². The van der Waals surface area contributed by atoms with Crippen LogP contribution in [-0.2, 0) is 16.1 Å². The van der Waals surface area contributed by atoms with Crippen LogP contribution >= 0.6 is 0 Å². The van der Waals surface area contributed by atoms with E-state index >= 15 is 0 Å². The van der Waals surface area contributed by atoms with E-state index in [1.54, 1.807) is 7.11 Å². The summed E-state index contributed by atoms with van der Waals surface area (Å²) in [6.45, 7) is 0.633. The van der Waals surface area contributed by atoms with Crippen molar-refractivity contribution in [1.29, 1.82) is 0 Å². The topological polar surface area (TPSA) is 38.8 Å². The van der Waals surface area contributed by atoms with E-state index in [1.807, 2.05) is 18.2 Å². The van der Waals surface area contributed by atoms with Gasteiger partial charge in [0.25, 0.3) is 5.91 Å². The molecule has 16 heavy (non-hydrogen) atoms. The largest absolute Gasteiger partial charge is 0.493 e. The summed E-state index contributed by atoms with van der Waals surface area (Å²) in [5.74, 6) is 0.919. The van der Waals surface area contributed by atoms with Crippen LogP contribution in [0, 0.1) is 0 Å². The van der Waals surface area contributed by atoms with Crippen molar-refractivity contribution in [1.82, 2.24) is 5.06 Å². The quantitative estimate of drug-likeness (QED) is 0.717. The van der Waals surface area contributed by atoms with Gasteiger partial charge >= 0.3 is 0 Å². The average molecular weight is 219 g/mol. The second kappa shape index (κ2) is 3.49. The van der Waals surface area contributed by atoms with Gasteiger partial charge in [0.1, 0.15) is 5.75 Å². The molecule has 0 fully saturated rings. The highest BCUT2D eigenvalue weighted by Crippen LogP contribution is 2.41. The van der Waals surface area contributed by atoms with E-state index < -0.39 is 0 Å². The summed E-state index contributed by atoms with van der Waals surface area (Å²) in [6.07, 6.45) is 1.19. The maximum Gasteiger partial charge on any atom is 0.251 e. The van der Waals surface area contributed by atoms with E-state index in [4.69, 9.17) is 9.57 Å². The molecular formula is C12H13NO3. The molecule has 0 aromatic heterocycles. The Balaban J connectivity index is 2.15. The molecule has 0 spiro atoms. The van der Waals surface area contributed by atoms with E-state index in [1.165, 1.54) is 5.06 Å². The van der Waals surface area contributed by atoms with Crippen LogP contribution < -0.4 is 4.74 Å². The van der Waals surface area contributed by atoms with Crippen molar-refractivity contribution in [3.63, 3.8) is 0 Å². The minimum Gasteiger partial charge on any atom is -0.493 e. The maximum absolute atomic E-state index is 11.9. The molecule has 1 aromatic carbocycles. The molecule has 4 heteroatoms. The highest BCUT2D eigenvalue weighted by atomic mass is 16.7. The van der Waals surface area contributed by atoms with Crippen molar-refractivity contribution in [2.45, 2.75) is 18.9 Å². The van der Waals surface area contributed by atoms with Gasteiger partial charge in [0.15, 0.2) is 0 Å². The van der Waals surface area contributed by atoms with Gasteiger partial charge in [-0.2, -0.15) is 0 Å². The van der Waals surface area contributed by atoms with Crippen LogP contribution in [0.2, 0.25) is 0 Å². The molecule has 2 aliphatic rings. The molecule has 3 rings (SSSR count). The average Bonchev–Trinajstić information content (AvgIpc) is 2.30. The number of rotatable bonds is 1. The lowest BCUT2D eigenvalue weighted by molar-refractivity contribution is -0.194. The molecule has 84 valence electrons. The monoisotopic (exact) mass is 219 g/mol. The third-order valence-corrected chi connectivity index (χ3v) is 3.21. The lowest BCUT2D eigenvalue weighted by Gasteiger charge is -2.38. The summed E-state index contributed by atoms with van der Waals surface area (Å²) in [6, 6.07) is 5.90. The number of carbonyl (C=O) groups is 1. The third kappa shape index (κ3) is 1.23. The van der Waals surface area contributed by atoms with Gasteiger partial charge in [0, 0.05) is 12.0 Å². The molecule has 0 aliphatic carbocycles. The molecule has 0 bridgehead atoms. The van der Waals surface area contributed by atoms with E-state index in [-0.39, 0.29) is 11.9 Å². The lowest BCUT2D eigenvalue weighted by atomic mass is 9.89. The van der Waals surface area contributed by atoms with Crippen LogP contribution in [0.1, 0.15) is 23.6 Å². The van der Waals surface area contributed by atoms with Crippen molar-refractivity contribution in [3.05, 3.63) is 29.3 Å². The first kappa shape index (κ1) is 9.66. The molecule has 1 atom stereocenters. The molecule has 2 heterocycles. The van der Waals surface area contributed by atoms with Gasteiger partial charge in [-0.05, 0) is 11.6 Å². The second-order valence-corrected chi connectivity index (χ2v) is 4.06. The van der Waals surface area contributed by atoms with Crippen LogP contribution in [0.15, 0.2) is 18.2 Å². The number of nitrogens with zero attached hydrogens (tertiary/aromatic N) is 1. The van der Waals surface area contributed by atoms with Crippen molar-refractivity contribution in [2.24, 2.45) is 0 Å². The Morgan fingerprint density at radius 2 is 2.38 bits per heavy atom. The highest BCUT2D eigenvalue weighted by molar-refractivity contribution is 5.81. The van der Waals surface area contributed by atoms with Crippen molar-refractivity contribution < 1.29 is 14.4 Å². The smallest absolute Gasteiger partial charge is 0.251 e. The van der Waals surface area contributed by atoms with E-state index in [2.05, 4.69) is 0 Å². The molecule has 0 saturated carbocycles. The highest BCUT2D eigenvalue weighted by Gasteiger charge is 2.37.